The molecule has 0 amide bonds. The summed E-state index contributed by atoms with van der Waals surface area (Å²) >= 11 is 0. The molecule has 4 atom stereocenters. The minimum atomic E-state index is -0.117. The van der Waals surface area contributed by atoms with Crippen molar-refractivity contribution >= 4 is 55.4 Å². The van der Waals surface area contributed by atoms with E-state index in [1.54, 1.807) is 0 Å². The molecule has 5 aromatic carbocycles. The van der Waals surface area contributed by atoms with Gasteiger partial charge in [0, 0.05) is 34.3 Å². The van der Waals surface area contributed by atoms with Crippen LogP contribution in [0, 0.1) is 0 Å². The van der Waals surface area contributed by atoms with E-state index in [1.807, 2.05) is 0 Å². The fourth-order valence-electron chi connectivity index (χ4n) is 9.19. The number of nitrogens with zero attached hydrogens (tertiary/aromatic N) is 2. The number of hydrogen-bond donors (Lipinski definition) is 0. The Morgan fingerprint density at radius 2 is 1.27 bits per heavy atom. The molecule has 4 heterocycles. The van der Waals surface area contributed by atoms with Gasteiger partial charge in [-0.15, -0.1) is 0 Å². The molecule has 41 heavy (non-hydrogen) atoms. The van der Waals surface area contributed by atoms with Gasteiger partial charge < -0.3 is 9.80 Å². The maximum Gasteiger partial charge on any atom is 0.0785 e. The van der Waals surface area contributed by atoms with Crippen LogP contribution in [0.3, 0.4) is 0 Å². The van der Waals surface area contributed by atoms with Gasteiger partial charge in [0.15, 0.2) is 0 Å². The van der Waals surface area contributed by atoms with Crippen LogP contribution in [0.25, 0.3) is 32.7 Å². The Balaban J connectivity index is 1.18. The van der Waals surface area contributed by atoms with Crippen LogP contribution in [-0.2, 0) is 0 Å². The van der Waals surface area contributed by atoms with E-state index in [-0.39, 0.29) is 5.54 Å². The number of allylic oxidation sites excluding steroid dienone is 4. The fourth-order valence-corrected chi connectivity index (χ4v) is 9.19. The third-order valence-electron chi connectivity index (χ3n) is 10.9. The zero-order chi connectivity index (χ0) is 26.6. The molecule has 0 spiro atoms. The molecule has 2 aliphatic carbocycles. The van der Waals surface area contributed by atoms with E-state index in [0.717, 1.165) is 0 Å². The molecule has 0 radical (unpaired) electrons. The molecule has 0 N–H and O–H groups in total. The van der Waals surface area contributed by atoms with Gasteiger partial charge in [-0.2, -0.15) is 0 Å². The number of anilines is 4. The number of rotatable bonds is 0. The summed E-state index contributed by atoms with van der Waals surface area (Å²) in [6.07, 6.45) is 14.2. The Morgan fingerprint density at radius 3 is 2.05 bits per heavy atom. The molecular weight excluding hydrogens is 496 g/mol. The molecule has 4 unspecified atom stereocenters. The van der Waals surface area contributed by atoms with Gasteiger partial charge in [0.25, 0.3) is 0 Å². The van der Waals surface area contributed by atoms with Crippen LogP contribution < -0.4 is 9.80 Å². The third-order valence-corrected chi connectivity index (χ3v) is 10.9. The van der Waals surface area contributed by atoms with Gasteiger partial charge in [-0.3, -0.25) is 0 Å². The predicted octanol–water partition coefficient (Wildman–Crippen LogP) is 9.52. The molecule has 0 aromatic heterocycles. The van der Waals surface area contributed by atoms with Gasteiger partial charge in [-0.05, 0) is 87.1 Å². The van der Waals surface area contributed by atoms with Gasteiger partial charge in [-0.25, -0.2) is 0 Å². The summed E-state index contributed by atoms with van der Waals surface area (Å²) < 4.78 is 0. The van der Waals surface area contributed by atoms with Gasteiger partial charge in [0.1, 0.15) is 0 Å². The topological polar surface area (TPSA) is 6.48 Å². The van der Waals surface area contributed by atoms with Crippen LogP contribution in [0.15, 0.2) is 121 Å². The molecule has 6 aliphatic rings. The highest BCUT2D eigenvalue weighted by atomic mass is 15.3. The van der Waals surface area contributed by atoms with Crippen molar-refractivity contribution < 1.29 is 0 Å². The molecule has 192 valence electrons. The average molecular weight is 523 g/mol. The lowest BCUT2D eigenvalue weighted by Crippen LogP contribution is -2.40. The second kappa shape index (κ2) is 6.72. The van der Waals surface area contributed by atoms with Crippen LogP contribution in [0.4, 0.5) is 22.7 Å². The Hall–Kier alpha value is -4.82. The van der Waals surface area contributed by atoms with Crippen LogP contribution in [0.1, 0.15) is 41.0 Å². The number of benzene rings is 5. The first kappa shape index (κ1) is 21.0. The largest absolute Gasteiger partial charge is 0.332 e. The Morgan fingerprint density at radius 1 is 0.610 bits per heavy atom. The summed E-state index contributed by atoms with van der Waals surface area (Å²) in [7, 11) is 0. The van der Waals surface area contributed by atoms with E-state index in [1.165, 1.54) is 77.7 Å². The van der Waals surface area contributed by atoms with Gasteiger partial charge in [0.05, 0.1) is 23.0 Å². The van der Waals surface area contributed by atoms with Crippen molar-refractivity contribution in [1.29, 1.82) is 0 Å². The smallest absolute Gasteiger partial charge is 0.0785 e. The molecule has 0 saturated carbocycles. The SMILES string of the molecule is CC12C3=CC=CC1c1cc4ccccc4cc1N2c1cc2c(cc13)N1c3cc4ccccc4cc3C3C=CC=C2C31. The highest BCUT2D eigenvalue weighted by Gasteiger charge is 2.57. The summed E-state index contributed by atoms with van der Waals surface area (Å²) in [5.41, 5.74) is 13.9. The summed E-state index contributed by atoms with van der Waals surface area (Å²) in [6, 6.07) is 32.7. The molecular formula is C39H26N2. The van der Waals surface area contributed by atoms with E-state index < -0.39 is 0 Å². The van der Waals surface area contributed by atoms with Crippen LogP contribution in [0.2, 0.25) is 0 Å². The van der Waals surface area contributed by atoms with E-state index in [4.69, 9.17) is 0 Å². The molecule has 5 aromatic rings. The highest BCUT2D eigenvalue weighted by Crippen LogP contribution is 2.67. The number of hydrogen-bond acceptors (Lipinski definition) is 2. The van der Waals surface area contributed by atoms with Crippen molar-refractivity contribution in [2.24, 2.45) is 0 Å². The van der Waals surface area contributed by atoms with Gasteiger partial charge in [-0.1, -0.05) is 85.0 Å². The van der Waals surface area contributed by atoms with Crippen molar-refractivity contribution in [3.8, 4) is 0 Å². The normalized spacial score (nSPS) is 26.5. The predicted molar refractivity (Wildman–Crippen MR) is 171 cm³/mol. The summed E-state index contributed by atoms with van der Waals surface area (Å²) in [4.78, 5) is 5.33. The molecule has 4 aliphatic heterocycles. The average Bonchev–Trinajstić information content (AvgIpc) is 3.67. The minimum absolute atomic E-state index is 0.117. The Bertz CT molecular complexity index is 2210. The first-order valence-corrected chi connectivity index (χ1v) is 14.8. The molecule has 2 nitrogen and oxygen atoms in total. The second-order valence-electron chi connectivity index (χ2n) is 12.7. The zero-order valence-corrected chi connectivity index (χ0v) is 22.7. The lowest BCUT2D eigenvalue weighted by molar-refractivity contribution is 0.576. The first-order valence-electron chi connectivity index (χ1n) is 14.8. The Labute approximate surface area is 238 Å². The fraction of sp³-hybridized carbons (Fsp3) is 0.128. The van der Waals surface area contributed by atoms with E-state index in [9.17, 15) is 0 Å². The van der Waals surface area contributed by atoms with Gasteiger partial charge >= 0.3 is 0 Å². The van der Waals surface area contributed by atoms with E-state index >= 15 is 0 Å². The summed E-state index contributed by atoms with van der Waals surface area (Å²) in [6.45, 7) is 2.46. The van der Waals surface area contributed by atoms with E-state index in [2.05, 4.69) is 138 Å². The molecule has 11 rings (SSSR count). The van der Waals surface area contributed by atoms with Gasteiger partial charge in [0.2, 0.25) is 0 Å². The third kappa shape index (κ3) is 2.25. The van der Waals surface area contributed by atoms with Crippen molar-refractivity contribution in [3.05, 3.63) is 144 Å². The molecule has 0 bridgehead atoms. The van der Waals surface area contributed by atoms with Crippen molar-refractivity contribution in [2.45, 2.75) is 30.3 Å². The lowest BCUT2D eigenvalue weighted by atomic mass is 9.74. The highest BCUT2D eigenvalue weighted by molar-refractivity contribution is 6.08. The van der Waals surface area contributed by atoms with Crippen LogP contribution in [-0.4, -0.2) is 11.6 Å². The lowest BCUT2D eigenvalue weighted by Gasteiger charge is -2.37. The molecule has 0 saturated heterocycles. The first-order chi connectivity index (χ1) is 20.2. The monoisotopic (exact) mass is 522 g/mol. The molecule has 0 fully saturated rings. The summed E-state index contributed by atoms with van der Waals surface area (Å²) in [5.74, 6) is 0.708. The van der Waals surface area contributed by atoms with Crippen molar-refractivity contribution in [1.82, 2.24) is 0 Å². The van der Waals surface area contributed by atoms with Crippen molar-refractivity contribution in [3.63, 3.8) is 0 Å². The van der Waals surface area contributed by atoms with Crippen molar-refractivity contribution in [2.75, 3.05) is 9.80 Å². The van der Waals surface area contributed by atoms with E-state index in [0.29, 0.717) is 17.9 Å². The quantitative estimate of drug-likeness (QED) is 0.200. The Kier molecular flexibility index (Phi) is 3.44. The van der Waals surface area contributed by atoms with Crippen LogP contribution >= 0.6 is 0 Å². The maximum absolute atomic E-state index is 2.67. The second-order valence-corrected chi connectivity index (χ2v) is 12.7. The van der Waals surface area contributed by atoms with Crippen LogP contribution in [0.5, 0.6) is 0 Å². The maximum atomic E-state index is 2.67. The summed E-state index contributed by atoms with van der Waals surface area (Å²) in [5, 5.41) is 5.28. The standard InChI is InChI=1S/C39H26N2/c1-39-32-14-7-15-33(39)31-21-35-29(20-37(31)41(39)36-19-25-11-5-3-9-23(25)17-30(32)36)27-13-6-12-26-28-16-22-8-2-4-10-24(22)18-34(28)40(35)38(26)27/h2-21,26,32,38H,1H3. The minimum Gasteiger partial charge on any atom is -0.332 e. The zero-order valence-electron chi connectivity index (χ0n) is 22.7. The number of fused-ring (bicyclic) bond motifs is 14. The molecule has 2 heteroatoms.